The zero-order chi connectivity index (χ0) is 18.6. The molecule has 4 heterocycles. The van der Waals surface area contributed by atoms with Gasteiger partial charge >= 0.3 is 0 Å². The Bertz CT molecular complexity index is 746. The lowest BCUT2D eigenvalue weighted by Crippen LogP contribution is -2.38. The number of amides is 1. The number of carbonyl (C=O) groups excluding carboxylic acids is 1. The molecule has 1 amide bonds. The summed E-state index contributed by atoms with van der Waals surface area (Å²) in [5.41, 5.74) is 2.30. The van der Waals surface area contributed by atoms with Crippen LogP contribution < -0.4 is 0 Å². The van der Waals surface area contributed by atoms with Crippen molar-refractivity contribution in [2.75, 3.05) is 19.6 Å². The molecule has 0 spiro atoms. The average Bonchev–Trinajstić information content (AvgIpc) is 3.32. The summed E-state index contributed by atoms with van der Waals surface area (Å²) in [7, 11) is 0. The van der Waals surface area contributed by atoms with Gasteiger partial charge in [-0.3, -0.25) is 19.1 Å². The summed E-state index contributed by atoms with van der Waals surface area (Å²) in [4.78, 5) is 20.9. The molecule has 0 aromatic carbocycles. The molecule has 0 atom stereocenters. The first-order chi connectivity index (χ1) is 13.2. The minimum absolute atomic E-state index is 0.217. The molecule has 2 aliphatic heterocycles. The molecule has 2 aromatic rings. The molecule has 2 aliphatic rings. The van der Waals surface area contributed by atoms with E-state index in [1.54, 1.807) is 11.0 Å². The Morgan fingerprint density at radius 2 is 2.07 bits per heavy atom. The molecular weight excluding hydrogens is 342 g/mol. The maximum Gasteiger partial charge on any atom is 0.223 e. The number of hydrogen-bond acceptors (Lipinski definition) is 5. The molecule has 0 saturated carbocycles. The average molecular weight is 371 g/mol. The smallest absolute Gasteiger partial charge is 0.223 e. The van der Waals surface area contributed by atoms with Crippen LogP contribution >= 0.6 is 0 Å². The highest BCUT2D eigenvalue weighted by Crippen LogP contribution is 2.20. The van der Waals surface area contributed by atoms with E-state index in [1.165, 1.54) is 32.3 Å². The Labute approximate surface area is 160 Å². The topological polar surface area (TPSA) is 72.1 Å². The normalized spacial score (nSPS) is 18.6. The van der Waals surface area contributed by atoms with E-state index in [0.29, 0.717) is 13.0 Å². The van der Waals surface area contributed by atoms with Crippen molar-refractivity contribution in [3.05, 3.63) is 30.1 Å². The Morgan fingerprint density at radius 3 is 2.85 bits per heavy atom. The zero-order valence-electron chi connectivity index (χ0n) is 16.1. The molecule has 0 unspecified atom stereocenters. The van der Waals surface area contributed by atoms with Crippen LogP contribution in [0.5, 0.6) is 0 Å². The molecule has 1 fully saturated rings. The van der Waals surface area contributed by atoms with Crippen LogP contribution in [-0.4, -0.2) is 59.9 Å². The number of aromatic nitrogens is 5. The van der Waals surface area contributed by atoms with Crippen LogP contribution in [0.15, 0.2) is 18.7 Å². The van der Waals surface area contributed by atoms with Crippen LogP contribution in [0.2, 0.25) is 0 Å². The molecule has 146 valence electrons. The third-order valence-corrected chi connectivity index (χ3v) is 5.71. The maximum absolute atomic E-state index is 12.5. The summed E-state index contributed by atoms with van der Waals surface area (Å²) in [6.07, 6.45) is 7.11. The van der Waals surface area contributed by atoms with Crippen LogP contribution in [0.1, 0.15) is 44.0 Å². The van der Waals surface area contributed by atoms with E-state index in [1.807, 2.05) is 4.90 Å². The van der Waals surface area contributed by atoms with Crippen LogP contribution in [0.3, 0.4) is 0 Å². The first-order valence-electron chi connectivity index (χ1n) is 10.1. The first-order valence-corrected chi connectivity index (χ1v) is 10.1. The van der Waals surface area contributed by atoms with Gasteiger partial charge in [0.05, 0.1) is 24.5 Å². The molecule has 8 heteroatoms. The summed E-state index contributed by atoms with van der Waals surface area (Å²) in [5, 5.41) is 8.85. The van der Waals surface area contributed by atoms with Gasteiger partial charge in [0.25, 0.3) is 0 Å². The third-order valence-electron chi connectivity index (χ3n) is 5.71. The van der Waals surface area contributed by atoms with Crippen molar-refractivity contribution < 1.29 is 4.79 Å². The molecular formula is C19H29N7O. The number of rotatable bonds is 6. The predicted molar refractivity (Wildman–Crippen MR) is 101 cm³/mol. The number of hydrogen-bond donors (Lipinski definition) is 0. The van der Waals surface area contributed by atoms with Gasteiger partial charge in [0, 0.05) is 26.1 Å². The summed E-state index contributed by atoms with van der Waals surface area (Å²) < 4.78 is 3.85. The van der Waals surface area contributed by atoms with E-state index >= 15 is 0 Å². The summed E-state index contributed by atoms with van der Waals surface area (Å²) in [6, 6.07) is 2.19. The van der Waals surface area contributed by atoms with Gasteiger partial charge in [0.2, 0.25) is 5.91 Å². The van der Waals surface area contributed by atoms with Gasteiger partial charge in [0.15, 0.2) is 0 Å². The first kappa shape index (κ1) is 18.2. The lowest BCUT2D eigenvalue weighted by Gasteiger charge is -2.29. The van der Waals surface area contributed by atoms with Crippen molar-refractivity contribution in [2.45, 2.75) is 58.8 Å². The number of piperidine rings is 1. The lowest BCUT2D eigenvalue weighted by atomic mass is 9.99. The van der Waals surface area contributed by atoms with Crippen LogP contribution in [0.25, 0.3) is 0 Å². The Hall–Kier alpha value is -2.22. The number of aryl methyl sites for hydroxylation is 1. The Balaban J connectivity index is 1.27. The minimum atomic E-state index is 0.217. The van der Waals surface area contributed by atoms with Crippen molar-refractivity contribution in [1.82, 2.24) is 34.3 Å². The fourth-order valence-electron chi connectivity index (χ4n) is 3.96. The fraction of sp³-hybridized carbons (Fsp3) is 0.684. The molecule has 0 N–H and O–H groups in total. The van der Waals surface area contributed by atoms with E-state index in [2.05, 4.69) is 32.7 Å². The quantitative estimate of drug-likeness (QED) is 0.770. The summed E-state index contributed by atoms with van der Waals surface area (Å²) >= 11 is 0. The minimum Gasteiger partial charge on any atom is -0.335 e. The molecule has 8 nitrogen and oxygen atoms in total. The van der Waals surface area contributed by atoms with Gasteiger partial charge in [-0.2, -0.15) is 10.2 Å². The zero-order valence-corrected chi connectivity index (χ0v) is 16.1. The number of nitrogens with zero attached hydrogens (tertiary/aromatic N) is 7. The second-order valence-electron chi connectivity index (χ2n) is 7.89. The molecule has 0 aliphatic carbocycles. The maximum atomic E-state index is 12.5. The molecule has 0 radical (unpaired) electrons. The van der Waals surface area contributed by atoms with Crippen LogP contribution in [-0.2, 0) is 31.0 Å². The number of fused-ring (bicyclic) bond motifs is 1. The van der Waals surface area contributed by atoms with Crippen LogP contribution in [0, 0.1) is 5.92 Å². The van der Waals surface area contributed by atoms with E-state index in [0.717, 1.165) is 49.9 Å². The van der Waals surface area contributed by atoms with Gasteiger partial charge in [0.1, 0.15) is 12.7 Å². The monoisotopic (exact) mass is 371 g/mol. The van der Waals surface area contributed by atoms with Crippen molar-refractivity contribution in [1.29, 1.82) is 0 Å². The van der Waals surface area contributed by atoms with Crippen molar-refractivity contribution >= 4 is 5.91 Å². The van der Waals surface area contributed by atoms with Crippen molar-refractivity contribution in [2.24, 2.45) is 5.92 Å². The standard InChI is InChI=1S/C19H29N7O/c1-16-4-7-23(8-5-16)12-17-11-18-13-24(9-10-26(18)22-17)19(27)3-2-6-25-15-20-14-21-25/h11,14-16H,2-10,12-13H2,1H3. The van der Waals surface area contributed by atoms with Gasteiger partial charge in [-0.15, -0.1) is 0 Å². The number of carbonyl (C=O) groups is 1. The summed E-state index contributed by atoms with van der Waals surface area (Å²) in [5.74, 6) is 1.06. The number of likely N-dealkylation sites (tertiary alicyclic amines) is 1. The molecule has 0 bridgehead atoms. The van der Waals surface area contributed by atoms with E-state index in [-0.39, 0.29) is 5.91 Å². The molecule has 1 saturated heterocycles. The fourth-order valence-corrected chi connectivity index (χ4v) is 3.96. The molecule has 2 aromatic heterocycles. The highest BCUT2D eigenvalue weighted by Gasteiger charge is 2.23. The van der Waals surface area contributed by atoms with E-state index in [9.17, 15) is 4.79 Å². The Kier molecular flexibility index (Phi) is 5.52. The second-order valence-corrected chi connectivity index (χ2v) is 7.89. The Morgan fingerprint density at radius 1 is 1.22 bits per heavy atom. The van der Waals surface area contributed by atoms with Gasteiger partial charge in [-0.05, 0) is 44.3 Å². The third kappa shape index (κ3) is 4.55. The second kappa shape index (κ2) is 8.21. The summed E-state index contributed by atoms with van der Waals surface area (Å²) in [6.45, 7) is 8.54. The highest BCUT2D eigenvalue weighted by molar-refractivity contribution is 5.76. The highest BCUT2D eigenvalue weighted by atomic mass is 16.2. The van der Waals surface area contributed by atoms with E-state index in [4.69, 9.17) is 5.10 Å². The SMILES string of the molecule is CC1CCN(Cc2cc3n(n2)CCN(C(=O)CCCn2cncn2)C3)CC1. The van der Waals surface area contributed by atoms with Crippen LogP contribution in [0.4, 0.5) is 0 Å². The molecule has 27 heavy (non-hydrogen) atoms. The molecule has 4 rings (SSSR count). The van der Waals surface area contributed by atoms with Gasteiger partial charge < -0.3 is 4.90 Å². The van der Waals surface area contributed by atoms with Gasteiger partial charge in [-0.1, -0.05) is 6.92 Å². The van der Waals surface area contributed by atoms with E-state index < -0.39 is 0 Å². The largest absolute Gasteiger partial charge is 0.335 e. The van der Waals surface area contributed by atoms with Crippen molar-refractivity contribution in [3.63, 3.8) is 0 Å². The predicted octanol–water partition coefficient (Wildman–Crippen LogP) is 1.53. The van der Waals surface area contributed by atoms with Crippen molar-refractivity contribution in [3.8, 4) is 0 Å². The van der Waals surface area contributed by atoms with Gasteiger partial charge in [-0.25, -0.2) is 4.98 Å². The lowest BCUT2D eigenvalue weighted by molar-refractivity contribution is -0.132.